The first-order valence-electron chi connectivity index (χ1n) is 13.8. The molecule has 1 aliphatic heterocycles. The van der Waals surface area contributed by atoms with Crippen molar-refractivity contribution in [1.82, 2.24) is 14.8 Å². The predicted molar refractivity (Wildman–Crippen MR) is 169 cm³/mol. The van der Waals surface area contributed by atoms with Crippen LogP contribution in [0.3, 0.4) is 0 Å². The first-order valence-corrected chi connectivity index (χ1v) is 14.5. The number of aryl methyl sites for hydroxylation is 1. The lowest BCUT2D eigenvalue weighted by Crippen LogP contribution is -2.33. The number of benzene rings is 3. The minimum Gasteiger partial charge on any atom is -0.452 e. The maximum absolute atomic E-state index is 13.8. The number of hydrogen-bond acceptors (Lipinski definition) is 7. The molecule has 220 valence electrons. The number of anilines is 1. The van der Waals surface area contributed by atoms with E-state index in [0.717, 1.165) is 0 Å². The van der Waals surface area contributed by atoms with E-state index < -0.39 is 11.3 Å². The Morgan fingerprint density at radius 2 is 1.57 bits per heavy atom. The van der Waals surface area contributed by atoms with E-state index in [2.05, 4.69) is 4.99 Å². The fourth-order valence-corrected chi connectivity index (χ4v) is 5.16. The van der Waals surface area contributed by atoms with Crippen LogP contribution in [0.25, 0.3) is 22.6 Å². The Bertz CT molecular complexity index is 1760. The summed E-state index contributed by atoms with van der Waals surface area (Å²) < 4.78 is 6.37. The summed E-state index contributed by atoms with van der Waals surface area (Å²) in [5.74, 6) is -0.579. The summed E-state index contributed by atoms with van der Waals surface area (Å²) >= 11 is 12.2. The molecule has 42 heavy (non-hydrogen) atoms. The fourth-order valence-electron chi connectivity index (χ4n) is 4.85. The Morgan fingerprint density at radius 3 is 2.17 bits per heavy atom. The average Bonchev–Trinajstić information content (AvgIpc) is 2.98. The lowest BCUT2D eigenvalue weighted by atomic mass is 9.98. The van der Waals surface area contributed by atoms with Crippen molar-refractivity contribution < 1.29 is 14.0 Å². The van der Waals surface area contributed by atoms with Gasteiger partial charge in [-0.25, -0.2) is 4.98 Å². The number of halogens is 2. The van der Waals surface area contributed by atoms with Gasteiger partial charge in [0.25, 0.3) is 11.8 Å². The van der Waals surface area contributed by atoms with E-state index in [-0.39, 0.29) is 50.8 Å². The third-order valence-corrected chi connectivity index (χ3v) is 8.13. The molecule has 1 heterocycles. The van der Waals surface area contributed by atoms with Crippen molar-refractivity contribution in [3.8, 4) is 11.5 Å². The number of hydrogen-bond donors (Lipinski definition) is 1. The molecule has 0 radical (unpaired) electrons. The van der Waals surface area contributed by atoms with Crippen molar-refractivity contribution in [2.24, 2.45) is 4.99 Å². The molecule has 2 N–H and O–H groups in total. The zero-order valence-corrected chi connectivity index (χ0v) is 26.0. The van der Waals surface area contributed by atoms with Crippen LogP contribution >= 0.6 is 23.2 Å². The molecule has 0 unspecified atom stereocenters. The van der Waals surface area contributed by atoms with Gasteiger partial charge in [0.15, 0.2) is 11.3 Å². The number of nitrogens with zero attached hydrogens (tertiary/aromatic N) is 4. The summed E-state index contributed by atoms with van der Waals surface area (Å²) in [7, 11) is 0. The molecule has 2 aromatic rings. The van der Waals surface area contributed by atoms with E-state index in [9.17, 15) is 14.4 Å². The number of carbonyl (C=O) groups is 2. The van der Waals surface area contributed by atoms with Gasteiger partial charge in [-0.2, -0.15) is 0 Å². The zero-order valence-electron chi connectivity index (χ0n) is 24.5. The normalized spacial score (nSPS) is 11.5. The number of amides is 2. The van der Waals surface area contributed by atoms with Crippen LogP contribution in [0.1, 0.15) is 65.1 Å². The SMILES string of the molecule is CCN(CC)C(=O)c1c2nc3c(C(=O)N(CC)CC)cc(N=Cc4ccc(Cl)c(Cl)c4)c(C)c3oc-2c(C)c(=O)c1N. The van der Waals surface area contributed by atoms with E-state index >= 15 is 0 Å². The van der Waals surface area contributed by atoms with Crippen molar-refractivity contribution in [2.75, 3.05) is 31.9 Å². The second-order valence-electron chi connectivity index (χ2n) is 9.77. The van der Waals surface area contributed by atoms with Crippen molar-refractivity contribution in [3.63, 3.8) is 0 Å². The maximum atomic E-state index is 13.8. The number of rotatable bonds is 8. The molecule has 9 nitrogen and oxygen atoms in total. The van der Waals surface area contributed by atoms with Gasteiger partial charge in [-0.15, -0.1) is 0 Å². The molecule has 2 aromatic carbocycles. The molecule has 0 spiro atoms. The molecule has 0 aromatic heterocycles. The maximum Gasteiger partial charge on any atom is 0.258 e. The van der Waals surface area contributed by atoms with Crippen molar-refractivity contribution in [1.29, 1.82) is 0 Å². The fraction of sp³-hybridized carbons (Fsp3) is 0.323. The van der Waals surface area contributed by atoms with Crippen LogP contribution < -0.4 is 11.2 Å². The molecule has 2 aliphatic rings. The molecular formula is C31H33Cl2N5O4. The quantitative estimate of drug-likeness (QED) is 0.138. The van der Waals surface area contributed by atoms with E-state index in [1.807, 2.05) is 27.7 Å². The molecule has 0 bridgehead atoms. The van der Waals surface area contributed by atoms with Gasteiger partial charge in [-0.1, -0.05) is 29.3 Å². The van der Waals surface area contributed by atoms with E-state index in [1.54, 1.807) is 54.1 Å². The van der Waals surface area contributed by atoms with Crippen LogP contribution in [0.5, 0.6) is 0 Å². The predicted octanol–water partition coefficient (Wildman–Crippen LogP) is 6.51. The molecular weight excluding hydrogens is 577 g/mol. The van der Waals surface area contributed by atoms with Crippen LogP contribution in [0.2, 0.25) is 10.0 Å². The highest BCUT2D eigenvalue weighted by Crippen LogP contribution is 2.38. The smallest absolute Gasteiger partial charge is 0.258 e. The number of aliphatic imine (C=N–C) groups is 1. The molecule has 0 saturated carbocycles. The molecule has 2 amide bonds. The third kappa shape index (κ3) is 5.46. The number of aromatic nitrogens is 1. The van der Waals surface area contributed by atoms with E-state index in [0.29, 0.717) is 53.0 Å². The minimum atomic E-state index is -0.506. The van der Waals surface area contributed by atoms with Crippen LogP contribution in [0, 0.1) is 13.8 Å². The van der Waals surface area contributed by atoms with E-state index in [4.69, 9.17) is 38.3 Å². The molecule has 0 fully saturated rings. The van der Waals surface area contributed by atoms with Gasteiger partial charge in [0.05, 0.1) is 32.5 Å². The lowest BCUT2D eigenvalue weighted by molar-refractivity contribution is 0.0767. The average molecular weight is 611 g/mol. The Labute approximate surface area is 254 Å². The highest BCUT2D eigenvalue weighted by atomic mass is 35.5. The van der Waals surface area contributed by atoms with Gasteiger partial charge in [-0.05, 0) is 65.3 Å². The number of nitrogen functional groups attached to an aromatic ring is 1. The summed E-state index contributed by atoms with van der Waals surface area (Å²) in [6.07, 6.45) is 1.61. The van der Waals surface area contributed by atoms with Crippen molar-refractivity contribution >= 4 is 63.7 Å². The largest absolute Gasteiger partial charge is 0.452 e. The molecule has 4 rings (SSSR count). The summed E-state index contributed by atoms with van der Waals surface area (Å²) in [6.45, 7) is 12.6. The highest BCUT2D eigenvalue weighted by molar-refractivity contribution is 6.42. The van der Waals surface area contributed by atoms with Gasteiger partial charge in [0.1, 0.15) is 11.2 Å². The monoisotopic (exact) mass is 609 g/mol. The lowest BCUT2D eigenvalue weighted by Gasteiger charge is -2.23. The summed E-state index contributed by atoms with van der Waals surface area (Å²) in [6, 6.07) is 6.78. The van der Waals surface area contributed by atoms with Crippen LogP contribution in [0.4, 0.5) is 11.4 Å². The van der Waals surface area contributed by atoms with Gasteiger partial charge < -0.3 is 20.0 Å². The molecule has 11 heteroatoms. The number of nitrogens with two attached hydrogens (primary N) is 1. The van der Waals surface area contributed by atoms with Crippen molar-refractivity contribution in [2.45, 2.75) is 41.5 Å². The second-order valence-corrected chi connectivity index (χ2v) is 10.6. The van der Waals surface area contributed by atoms with E-state index in [1.165, 1.54) is 0 Å². The van der Waals surface area contributed by atoms with Gasteiger partial charge in [0, 0.05) is 43.5 Å². The molecule has 0 atom stereocenters. The highest BCUT2D eigenvalue weighted by Gasteiger charge is 2.31. The number of fused-ring (bicyclic) bond motifs is 2. The van der Waals surface area contributed by atoms with Crippen LogP contribution in [-0.2, 0) is 0 Å². The summed E-state index contributed by atoms with van der Waals surface area (Å²) in [5, 5.41) is 0.810. The van der Waals surface area contributed by atoms with Gasteiger partial charge in [0.2, 0.25) is 5.43 Å². The first kappa shape index (κ1) is 31.0. The van der Waals surface area contributed by atoms with Crippen LogP contribution in [0.15, 0.2) is 38.5 Å². The van der Waals surface area contributed by atoms with Gasteiger partial charge >= 0.3 is 0 Å². The summed E-state index contributed by atoms with van der Waals surface area (Å²) in [5.41, 5.74) is 8.38. The topological polar surface area (TPSA) is 122 Å². The zero-order chi connectivity index (χ0) is 30.9. The Morgan fingerprint density at radius 1 is 0.952 bits per heavy atom. The Balaban J connectivity index is 2.09. The minimum absolute atomic E-state index is 0.0319. The van der Waals surface area contributed by atoms with Gasteiger partial charge in [-0.3, -0.25) is 19.4 Å². The Hall–Kier alpha value is -3.95. The first-order chi connectivity index (χ1) is 20.0. The Kier molecular flexibility index (Phi) is 9.23. The third-order valence-electron chi connectivity index (χ3n) is 7.39. The van der Waals surface area contributed by atoms with Crippen LogP contribution in [-0.4, -0.2) is 59.0 Å². The molecule has 1 aliphatic carbocycles. The molecule has 0 saturated heterocycles. The number of carbonyl (C=O) groups excluding carboxylic acids is 2. The summed E-state index contributed by atoms with van der Waals surface area (Å²) in [4.78, 5) is 53.2. The standard InChI is InChI=1S/C31H33Cl2N5O4/c1-7-37(8-2)30(40)19-14-22(35-15-18-11-12-20(32)21(33)13-18)16(5)28-25(19)36-26-23(31(41)38(9-3)10-4)24(34)27(39)17(6)29(26)42-28/h11-15H,7-10,34H2,1-6H3. The van der Waals surface area contributed by atoms with Crippen molar-refractivity contribution in [3.05, 3.63) is 72.4 Å². The second kappa shape index (κ2) is 12.5.